The monoisotopic (exact) mass is 469 g/mol. The van der Waals surface area contributed by atoms with Crippen LogP contribution in [0.1, 0.15) is 4.28 Å². The number of rotatable bonds is 0. The van der Waals surface area contributed by atoms with Crippen LogP contribution in [0.5, 0.6) is 0 Å². The van der Waals surface area contributed by atoms with E-state index in [0.717, 1.165) is 0 Å². The van der Waals surface area contributed by atoms with E-state index < -0.39 is 0 Å². The molecule has 3 radical (unpaired) electrons. The van der Waals surface area contributed by atoms with E-state index in [-0.39, 0.29) is 173 Å². The minimum absolute atomic E-state index is 0. The van der Waals surface area contributed by atoms with Crippen LogP contribution in [0.2, 0.25) is 0 Å². The largest absolute Gasteiger partial charge is 0 e. The third kappa shape index (κ3) is 22.7. The Kier molecular flexibility index (Phi) is 218. The first-order valence-electron chi connectivity index (χ1n) is 0. The maximum absolute atomic E-state index is 0. The SMILES string of the molecule is [H-].[H-].[H-].[K+].[Li+].[Na+].[Nb].[SbH2].[Ta]. The molecule has 0 fully saturated rings. The summed E-state index contributed by atoms with van der Waals surface area (Å²) in [6, 6.07) is 0. The standard InChI is InChI=1S/K.Li.Na.Nb.Sb.Ta.5H/q3*+1;;;;;;3*-1. The fraction of sp³-hybridized carbons (Fsp3) is 0. The van der Waals surface area contributed by atoms with Crippen LogP contribution in [0.4, 0.5) is 0 Å². The van der Waals surface area contributed by atoms with Crippen molar-refractivity contribution in [1.29, 1.82) is 0 Å². The van der Waals surface area contributed by atoms with E-state index in [4.69, 9.17) is 0 Å². The van der Waals surface area contributed by atoms with Crippen LogP contribution in [-0.4, -0.2) is 24.4 Å². The van der Waals surface area contributed by atoms with Gasteiger partial charge in [0, 0.05) is 44.8 Å². The molecule has 23 valence electrons. The molecular formula is H5KLiNaNbSbTa. The molecule has 0 aliphatic carbocycles. The van der Waals surface area contributed by atoms with Gasteiger partial charge in [-0.2, -0.15) is 0 Å². The van der Waals surface area contributed by atoms with Crippen LogP contribution in [0.3, 0.4) is 0 Å². The van der Waals surface area contributed by atoms with E-state index >= 15 is 0 Å². The minimum atomic E-state index is 0. The van der Waals surface area contributed by atoms with Crippen molar-refractivity contribution in [3.63, 3.8) is 0 Å². The van der Waals surface area contributed by atoms with Crippen molar-refractivity contribution in [2.75, 3.05) is 0 Å². The molecule has 0 rings (SSSR count). The molecule has 0 saturated carbocycles. The average molecular weight is 470 g/mol. The summed E-state index contributed by atoms with van der Waals surface area (Å²) in [4.78, 5) is 0. The van der Waals surface area contributed by atoms with E-state index in [2.05, 4.69) is 0 Å². The van der Waals surface area contributed by atoms with Crippen LogP contribution in [-0.2, 0) is 44.8 Å². The summed E-state index contributed by atoms with van der Waals surface area (Å²) in [5, 5.41) is 0. The van der Waals surface area contributed by atoms with Crippen molar-refractivity contribution in [2.45, 2.75) is 0 Å². The summed E-state index contributed by atoms with van der Waals surface area (Å²) < 4.78 is 0. The smallest absolute Gasteiger partial charge is 0 e. The first-order valence-corrected chi connectivity index (χ1v) is 0. The molecule has 0 amide bonds. The Morgan fingerprint density at radius 2 is 1.17 bits per heavy atom. The first-order chi connectivity index (χ1) is 0. The molecule has 0 aromatic carbocycles. The molecular weight excluding hydrogens is 465 g/mol. The van der Waals surface area contributed by atoms with Gasteiger partial charge in [-0.05, 0) is 0 Å². The Morgan fingerprint density at radius 1 is 1.17 bits per heavy atom. The van der Waals surface area contributed by atoms with Gasteiger partial charge in [0.05, 0.1) is 0 Å². The van der Waals surface area contributed by atoms with Gasteiger partial charge < -0.3 is 4.28 Å². The molecule has 0 aliphatic heterocycles. The number of hydrogen-bond acceptors (Lipinski definition) is 0. The van der Waals surface area contributed by atoms with Crippen LogP contribution < -0.4 is 99.8 Å². The van der Waals surface area contributed by atoms with Gasteiger partial charge in [-0.15, -0.1) is 0 Å². The van der Waals surface area contributed by atoms with Crippen molar-refractivity contribution in [3.05, 3.63) is 0 Å². The van der Waals surface area contributed by atoms with E-state index in [1.165, 1.54) is 0 Å². The fourth-order valence-electron chi connectivity index (χ4n) is 0. The summed E-state index contributed by atoms with van der Waals surface area (Å²) in [5.74, 6) is 0. The quantitative estimate of drug-likeness (QED) is 0.309. The molecule has 6 heavy (non-hydrogen) atoms. The molecule has 0 aliphatic rings. The Bertz CT molecular complexity index is 23.8. The Hall–Kier alpha value is 5.53. The van der Waals surface area contributed by atoms with E-state index in [1.807, 2.05) is 0 Å². The van der Waals surface area contributed by atoms with Crippen molar-refractivity contribution in [2.24, 2.45) is 0 Å². The maximum atomic E-state index is 0. The van der Waals surface area contributed by atoms with Crippen LogP contribution in [0, 0.1) is 0 Å². The van der Waals surface area contributed by atoms with Crippen LogP contribution in [0.15, 0.2) is 0 Å². The molecule has 6 heteroatoms. The van der Waals surface area contributed by atoms with Crippen molar-refractivity contribution >= 4 is 24.4 Å². The predicted octanol–water partition coefficient (Wildman–Crippen LogP) is -9.57. The summed E-state index contributed by atoms with van der Waals surface area (Å²) in [7, 11) is 0. The third-order valence-corrected chi connectivity index (χ3v) is 0. The van der Waals surface area contributed by atoms with Gasteiger partial charge >= 0.3 is 124 Å². The summed E-state index contributed by atoms with van der Waals surface area (Å²) in [6.07, 6.45) is 0. The normalized spacial score (nSPS) is 0. The van der Waals surface area contributed by atoms with Crippen LogP contribution in [0.25, 0.3) is 0 Å². The fourth-order valence-corrected chi connectivity index (χ4v) is 0. The summed E-state index contributed by atoms with van der Waals surface area (Å²) in [5.41, 5.74) is 0. The third-order valence-electron chi connectivity index (χ3n) is 0. The van der Waals surface area contributed by atoms with E-state index in [1.54, 1.807) is 0 Å². The Balaban J connectivity index is 0. The molecule has 0 atom stereocenters. The summed E-state index contributed by atoms with van der Waals surface area (Å²) >= 11 is 0. The van der Waals surface area contributed by atoms with Crippen molar-refractivity contribution < 1.29 is 149 Å². The second-order valence-electron chi connectivity index (χ2n) is 0. The molecule has 0 spiro atoms. The molecule has 0 heterocycles. The van der Waals surface area contributed by atoms with Gasteiger partial charge in [-0.25, -0.2) is 0 Å². The Labute approximate surface area is 168 Å². The first kappa shape index (κ1) is 41.8. The number of hydrogen-bond donors (Lipinski definition) is 0. The van der Waals surface area contributed by atoms with Crippen LogP contribution >= 0.6 is 0 Å². The molecule has 0 saturated heterocycles. The second kappa shape index (κ2) is 31.3. The molecule has 0 bridgehead atoms. The maximum Gasteiger partial charge on any atom is 0 e. The second-order valence-corrected chi connectivity index (χ2v) is 0. The molecule has 0 unspecified atom stereocenters. The minimum Gasteiger partial charge on any atom is 0 e. The summed E-state index contributed by atoms with van der Waals surface area (Å²) in [6.45, 7) is 0. The van der Waals surface area contributed by atoms with Gasteiger partial charge in [0.2, 0.25) is 0 Å². The zero-order valence-corrected chi connectivity index (χ0v) is 18.3. The van der Waals surface area contributed by atoms with Crippen molar-refractivity contribution in [3.8, 4) is 0 Å². The van der Waals surface area contributed by atoms with Crippen molar-refractivity contribution in [1.82, 2.24) is 0 Å². The molecule has 0 aromatic heterocycles. The average Bonchev–Trinajstić information content (AvgIpc) is 0. The predicted molar refractivity (Wildman–Crippen MR) is 11.9 cm³/mol. The molecule has 0 nitrogen and oxygen atoms in total. The van der Waals surface area contributed by atoms with Gasteiger partial charge in [0.15, 0.2) is 0 Å². The molecule has 0 aromatic rings. The van der Waals surface area contributed by atoms with Gasteiger partial charge in [0.25, 0.3) is 0 Å². The zero-order valence-electron chi connectivity index (χ0n) is 7.47. The van der Waals surface area contributed by atoms with Gasteiger partial charge in [-0.3, -0.25) is 0 Å². The molecule has 0 N–H and O–H groups in total. The van der Waals surface area contributed by atoms with E-state index in [0.29, 0.717) is 0 Å². The van der Waals surface area contributed by atoms with Gasteiger partial charge in [0.1, 0.15) is 0 Å². The zero-order chi connectivity index (χ0) is 0. The van der Waals surface area contributed by atoms with E-state index in [9.17, 15) is 0 Å². The topological polar surface area (TPSA) is 0 Å². The van der Waals surface area contributed by atoms with Gasteiger partial charge in [-0.1, -0.05) is 0 Å². The Morgan fingerprint density at radius 3 is 1.17 bits per heavy atom.